The average Bonchev–Trinajstić information content (AvgIpc) is 2.74. The van der Waals surface area contributed by atoms with Gasteiger partial charge in [0.2, 0.25) is 5.78 Å². The summed E-state index contributed by atoms with van der Waals surface area (Å²) in [6.45, 7) is 0.497. The number of pyridine rings is 1. The maximum atomic E-state index is 13.2. The fourth-order valence-electron chi connectivity index (χ4n) is 2.76. The lowest BCUT2D eigenvalue weighted by Crippen LogP contribution is -2.51. The second-order valence-electron chi connectivity index (χ2n) is 6.10. The van der Waals surface area contributed by atoms with Crippen LogP contribution in [0.2, 0.25) is 0 Å². The third-order valence-electron chi connectivity index (χ3n) is 4.21. The maximum absolute atomic E-state index is 13.2. The van der Waals surface area contributed by atoms with Crippen LogP contribution in [0.4, 0.5) is 5.69 Å². The third kappa shape index (κ3) is 4.63. The van der Waals surface area contributed by atoms with E-state index in [4.69, 9.17) is 12.2 Å². The minimum Gasteiger partial charge on any atom is -0.370 e. The Morgan fingerprint density at radius 3 is 2.21 bits per heavy atom. The van der Waals surface area contributed by atoms with Crippen molar-refractivity contribution >= 4 is 28.7 Å². The van der Waals surface area contributed by atoms with E-state index in [0.29, 0.717) is 17.1 Å². The number of ketones is 1. The first-order valence-electron chi connectivity index (χ1n) is 8.62. The maximum Gasteiger partial charge on any atom is 0.270 e. The van der Waals surface area contributed by atoms with Gasteiger partial charge in [0, 0.05) is 36.4 Å². The smallest absolute Gasteiger partial charge is 0.270 e. The van der Waals surface area contributed by atoms with Gasteiger partial charge in [-0.2, -0.15) is 4.57 Å². The van der Waals surface area contributed by atoms with Crippen LogP contribution in [0, 0.1) is 10.1 Å². The van der Waals surface area contributed by atoms with Gasteiger partial charge in [-0.3, -0.25) is 14.9 Å². The molecule has 1 unspecified atom stereocenters. The number of hydrogen-bond donors (Lipinski definition) is 1. The number of nitrogens with one attached hydrogen (secondary N) is 1. The van der Waals surface area contributed by atoms with Gasteiger partial charge in [0.1, 0.15) is 0 Å². The van der Waals surface area contributed by atoms with Crippen LogP contribution in [0.1, 0.15) is 22.0 Å². The van der Waals surface area contributed by atoms with E-state index < -0.39 is 11.0 Å². The molecule has 1 heterocycles. The molecule has 0 radical (unpaired) electrons. The van der Waals surface area contributed by atoms with E-state index in [9.17, 15) is 14.9 Å². The van der Waals surface area contributed by atoms with Crippen LogP contribution < -0.4 is 9.88 Å². The van der Waals surface area contributed by atoms with Crippen molar-refractivity contribution in [2.45, 2.75) is 12.6 Å². The molecule has 1 N–H and O–H groups in total. The summed E-state index contributed by atoms with van der Waals surface area (Å²) in [7, 11) is 0. The second kappa shape index (κ2) is 8.96. The van der Waals surface area contributed by atoms with Gasteiger partial charge in [0.15, 0.2) is 17.4 Å². The molecular weight excluding hydrogens is 374 g/mol. The van der Waals surface area contributed by atoms with E-state index in [0.717, 1.165) is 5.56 Å². The van der Waals surface area contributed by atoms with Crippen LogP contribution in [0.15, 0.2) is 85.2 Å². The molecule has 0 bridgehead atoms. The Bertz CT molecular complexity index is 977. The first-order valence-corrected chi connectivity index (χ1v) is 9.03. The zero-order chi connectivity index (χ0) is 19.9. The number of carbonyl (C=O) groups is 1. The summed E-state index contributed by atoms with van der Waals surface area (Å²) in [5.41, 5.74) is 1.34. The molecule has 0 aliphatic heterocycles. The number of carbonyl (C=O) groups excluding carboxylic acids is 1. The van der Waals surface area contributed by atoms with Gasteiger partial charge in [0.25, 0.3) is 11.7 Å². The summed E-state index contributed by atoms with van der Waals surface area (Å²) in [5, 5.41) is 14.0. The van der Waals surface area contributed by atoms with E-state index in [2.05, 4.69) is 5.32 Å². The van der Waals surface area contributed by atoms with Gasteiger partial charge in [-0.15, -0.1) is 0 Å². The number of nitro groups is 1. The van der Waals surface area contributed by atoms with Gasteiger partial charge in [-0.05, 0) is 17.7 Å². The topological polar surface area (TPSA) is 76.1 Å². The lowest BCUT2D eigenvalue weighted by molar-refractivity contribution is -0.692. The Morgan fingerprint density at radius 1 is 1.00 bits per heavy atom. The molecule has 1 aromatic heterocycles. The van der Waals surface area contributed by atoms with Gasteiger partial charge < -0.3 is 5.32 Å². The van der Waals surface area contributed by atoms with Crippen molar-refractivity contribution in [1.29, 1.82) is 0 Å². The van der Waals surface area contributed by atoms with E-state index >= 15 is 0 Å². The number of non-ortho nitro benzene ring substituents is 1. The summed E-state index contributed by atoms with van der Waals surface area (Å²) in [6.07, 6.45) is 3.54. The lowest BCUT2D eigenvalue weighted by Gasteiger charge is -2.15. The number of benzene rings is 2. The fraction of sp³-hybridized carbons (Fsp3) is 0.0952. The number of nitrogens with zero attached hydrogens (tertiary/aromatic N) is 2. The Kier molecular flexibility index (Phi) is 6.18. The molecule has 2 aromatic carbocycles. The molecule has 0 aliphatic carbocycles. The molecule has 0 fully saturated rings. The van der Waals surface area contributed by atoms with E-state index in [1.807, 2.05) is 48.5 Å². The predicted molar refractivity (Wildman–Crippen MR) is 109 cm³/mol. The van der Waals surface area contributed by atoms with Gasteiger partial charge in [0.05, 0.1) is 4.92 Å². The summed E-state index contributed by atoms with van der Waals surface area (Å²) in [6, 6.07) is 20.0. The number of nitro benzene ring substituents is 1. The number of thiocarbonyl (C=S) groups is 1. The number of hydrogen-bond acceptors (Lipinski definition) is 4. The van der Waals surface area contributed by atoms with Crippen LogP contribution >= 0.6 is 12.2 Å². The summed E-state index contributed by atoms with van der Waals surface area (Å²) in [5.74, 6) is -0.239. The quantitative estimate of drug-likeness (QED) is 0.219. The molecule has 3 aromatic rings. The lowest BCUT2D eigenvalue weighted by atomic mass is 10.0. The van der Waals surface area contributed by atoms with Crippen LogP contribution in [-0.2, 0) is 6.54 Å². The molecule has 0 saturated carbocycles. The van der Waals surface area contributed by atoms with Crippen molar-refractivity contribution in [2.24, 2.45) is 0 Å². The zero-order valence-electron chi connectivity index (χ0n) is 14.9. The zero-order valence-corrected chi connectivity index (χ0v) is 15.7. The largest absolute Gasteiger partial charge is 0.370 e. The first-order chi connectivity index (χ1) is 13.6. The Morgan fingerprint density at radius 2 is 1.61 bits per heavy atom. The summed E-state index contributed by atoms with van der Waals surface area (Å²) in [4.78, 5) is 23.9. The molecule has 0 amide bonds. The summed E-state index contributed by atoms with van der Waals surface area (Å²) < 4.78 is 1.73. The van der Waals surface area contributed by atoms with Crippen molar-refractivity contribution in [3.63, 3.8) is 0 Å². The first kappa shape index (κ1) is 19.3. The van der Waals surface area contributed by atoms with Crippen molar-refractivity contribution < 1.29 is 14.3 Å². The van der Waals surface area contributed by atoms with Crippen molar-refractivity contribution in [3.05, 3.63) is 106 Å². The highest BCUT2D eigenvalue weighted by molar-refractivity contribution is 7.80. The monoisotopic (exact) mass is 392 g/mol. The predicted octanol–water partition coefficient (Wildman–Crippen LogP) is 3.42. The molecular formula is C21H18N3O3S+. The summed E-state index contributed by atoms with van der Waals surface area (Å²) >= 11 is 5.54. The van der Waals surface area contributed by atoms with Crippen LogP contribution in [0.5, 0.6) is 0 Å². The third-order valence-corrected chi connectivity index (χ3v) is 4.57. The number of rotatable bonds is 7. The Hall–Kier alpha value is -3.45. The number of Topliss-reactive ketones (excluding diaryl/α,β-unsaturated/α-hetero) is 1. The highest BCUT2D eigenvalue weighted by Crippen LogP contribution is 2.16. The minimum absolute atomic E-state index is 0.0646. The molecule has 28 heavy (non-hydrogen) atoms. The highest BCUT2D eigenvalue weighted by Gasteiger charge is 2.33. The van der Waals surface area contributed by atoms with Crippen molar-refractivity contribution in [2.75, 3.05) is 0 Å². The van der Waals surface area contributed by atoms with Gasteiger partial charge in [-0.1, -0.05) is 48.6 Å². The minimum atomic E-state index is -0.749. The number of aromatic nitrogens is 1. The molecule has 1 atom stereocenters. The average molecular weight is 392 g/mol. The van der Waals surface area contributed by atoms with E-state index in [1.54, 1.807) is 17.0 Å². The van der Waals surface area contributed by atoms with E-state index in [-0.39, 0.29) is 11.5 Å². The molecule has 140 valence electrons. The van der Waals surface area contributed by atoms with Crippen LogP contribution in [-0.4, -0.2) is 15.7 Å². The Balaban J connectivity index is 1.85. The van der Waals surface area contributed by atoms with Gasteiger partial charge >= 0.3 is 0 Å². The van der Waals surface area contributed by atoms with Crippen molar-refractivity contribution in [3.8, 4) is 0 Å². The second-order valence-corrected chi connectivity index (χ2v) is 6.54. The molecule has 0 aliphatic rings. The van der Waals surface area contributed by atoms with Crippen LogP contribution in [0.25, 0.3) is 0 Å². The fourth-order valence-corrected chi connectivity index (χ4v) is 3.06. The Labute approximate surface area is 167 Å². The molecule has 0 saturated heterocycles. The highest BCUT2D eigenvalue weighted by atomic mass is 32.1. The molecule has 3 rings (SSSR count). The SMILES string of the molecule is O=C(c1ccc([N+](=O)[O-])cc1)C(C(=S)NCc1ccccc1)[n+]1ccccc1. The molecule has 0 spiro atoms. The molecule has 6 nitrogen and oxygen atoms in total. The van der Waals surface area contributed by atoms with Crippen molar-refractivity contribution in [1.82, 2.24) is 5.32 Å². The van der Waals surface area contributed by atoms with Gasteiger partial charge in [-0.25, -0.2) is 0 Å². The normalized spacial score (nSPS) is 11.4. The van der Waals surface area contributed by atoms with Crippen LogP contribution in [0.3, 0.4) is 0 Å². The molecule has 7 heteroatoms. The standard InChI is InChI=1S/C21H17N3O3S/c25-20(17-9-11-18(12-10-17)24(26)27)19(23-13-5-2-6-14-23)21(28)22-15-16-7-3-1-4-8-16/h1-14,19H,15H2/p+1. The van der Waals surface area contributed by atoms with E-state index in [1.165, 1.54) is 24.3 Å².